The van der Waals surface area contributed by atoms with Gasteiger partial charge in [-0.25, -0.2) is 0 Å². The fourth-order valence-corrected chi connectivity index (χ4v) is 2.15. The van der Waals surface area contributed by atoms with Gasteiger partial charge in [0, 0.05) is 12.8 Å². The molecule has 0 bridgehead atoms. The predicted molar refractivity (Wildman–Crippen MR) is 63.4 cm³/mol. The average molecular weight is 287 g/mol. The Morgan fingerprint density at radius 1 is 1.05 bits per heavy atom. The molecule has 0 aliphatic carbocycles. The topological polar surface area (TPSA) is 80.8 Å². The molecule has 6 nitrogen and oxygen atoms in total. The molecule has 1 aliphatic heterocycles. The van der Waals surface area contributed by atoms with E-state index in [1.54, 1.807) is 0 Å². The van der Waals surface area contributed by atoms with Gasteiger partial charge in [-0.15, -0.1) is 0 Å². The molecular formula is C11H10FNO5S. The molecule has 0 radical (unpaired) electrons. The first-order valence-corrected chi connectivity index (χ1v) is 6.77. The first-order valence-electron chi connectivity index (χ1n) is 5.47. The smallest absolute Gasteiger partial charge is 0.358 e. The van der Waals surface area contributed by atoms with Crippen LogP contribution in [-0.2, 0) is 20.1 Å². The van der Waals surface area contributed by atoms with E-state index in [2.05, 4.69) is 4.18 Å². The third kappa shape index (κ3) is 3.28. The quantitative estimate of drug-likeness (QED) is 0.618. The molecule has 0 saturated carbocycles. The lowest BCUT2D eigenvalue weighted by Crippen LogP contribution is -2.40. The number of amides is 2. The van der Waals surface area contributed by atoms with Crippen molar-refractivity contribution in [3.63, 3.8) is 0 Å². The zero-order valence-electron chi connectivity index (χ0n) is 9.71. The Hall–Kier alpha value is -1.96. The Morgan fingerprint density at radius 3 is 2.05 bits per heavy atom. The minimum atomic E-state index is -5.08. The zero-order valence-corrected chi connectivity index (χ0v) is 10.5. The molecule has 1 aromatic carbocycles. The number of halogens is 1. The van der Waals surface area contributed by atoms with E-state index in [4.69, 9.17) is 0 Å². The molecule has 1 fully saturated rings. The van der Waals surface area contributed by atoms with Crippen LogP contribution in [-0.4, -0.2) is 20.2 Å². The monoisotopic (exact) mass is 287 g/mol. The molecule has 0 unspecified atom stereocenters. The molecule has 19 heavy (non-hydrogen) atoms. The van der Waals surface area contributed by atoms with Crippen LogP contribution in [0.1, 0.15) is 19.3 Å². The van der Waals surface area contributed by atoms with Crippen molar-refractivity contribution in [3.05, 3.63) is 24.3 Å². The predicted octanol–water partition coefficient (Wildman–Crippen LogP) is 1.32. The highest BCUT2D eigenvalue weighted by atomic mass is 32.3. The molecule has 1 saturated heterocycles. The summed E-state index contributed by atoms with van der Waals surface area (Å²) in [7, 11) is -5.08. The first kappa shape index (κ1) is 13.5. The van der Waals surface area contributed by atoms with Gasteiger partial charge in [0.2, 0.25) is 11.8 Å². The van der Waals surface area contributed by atoms with Crippen LogP contribution < -0.4 is 9.08 Å². The Balaban J connectivity index is 2.22. The Labute approximate surface area is 109 Å². The number of hydrogen-bond donors (Lipinski definition) is 0. The summed E-state index contributed by atoms with van der Waals surface area (Å²) >= 11 is 0. The third-order valence-electron chi connectivity index (χ3n) is 2.57. The van der Waals surface area contributed by atoms with E-state index >= 15 is 0 Å². The van der Waals surface area contributed by atoms with Gasteiger partial charge in [0.05, 0.1) is 5.69 Å². The number of carbonyl (C=O) groups excluding carboxylic acids is 2. The van der Waals surface area contributed by atoms with Gasteiger partial charge in [0.1, 0.15) is 5.75 Å². The molecule has 8 heteroatoms. The van der Waals surface area contributed by atoms with Crippen molar-refractivity contribution >= 4 is 28.0 Å². The number of benzene rings is 1. The molecule has 0 atom stereocenters. The molecule has 0 spiro atoms. The van der Waals surface area contributed by atoms with E-state index < -0.39 is 10.5 Å². The van der Waals surface area contributed by atoms with Gasteiger partial charge < -0.3 is 4.18 Å². The highest BCUT2D eigenvalue weighted by molar-refractivity contribution is 7.81. The second-order valence-electron chi connectivity index (χ2n) is 3.95. The van der Waals surface area contributed by atoms with Gasteiger partial charge in [-0.1, -0.05) is 3.89 Å². The summed E-state index contributed by atoms with van der Waals surface area (Å²) < 4.78 is 36.9. The molecule has 2 rings (SSSR count). The minimum absolute atomic E-state index is 0.233. The van der Waals surface area contributed by atoms with Crippen LogP contribution in [0.3, 0.4) is 0 Å². The highest BCUT2D eigenvalue weighted by Crippen LogP contribution is 2.25. The van der Waals surface area contributed by atoms with Gasteiger partial charge in [0.25, 0.3) is 0 Å². The fraction of sp³-hybridized carbons (Fsp3) is 0.273. The van der Waals surface area contributed by atoms with Crippen molar-refractivity contribution in [3.8, 4) is 5.75 Å². The van der Waals surface area contributed by atoms with Crippen molar-refractivity contribution in [1.29, 1.82) is 0 Å². The number of nitrogens with zero attached hydrogens (tertiary/aromatic N) is 1. The third-order valence-corrected chi connectivity index (χ3v) is 2.96. The number of hydrogen-bond acceptors (Lipinski definition) is 5. The number of piperidine rings is 1. The number of anilines is 1. The van der Waals surface area contributed by atoms with E-state index in [0.29, 0.717) is 12.1 Å². The largest absolute Gasteiger partial charge is 0.488 e. The Kier molecular flexibility index (Phi) is 3.52. The van der Waals surface area contributed by atoms with Crippen molar-refractivity contribution in [1.82, 2.24) is 0 Å². The second-order valence-corrected chi connectivity index (χ2v) is 4.90. The van der Waals surface area contributed by atoms with Gasteiger partial charge in [-0.05, 0) is 30.7 Å². The second kappa shape index (κ2) is 4.96. The SMILES string of the molecule is O=C1CCCC(=O)N1c1ccc(OS(=O)(=O)F)cc1. The molecule has 102 valence electrons. The standard InChI is InChI=1S/C11H10FNO5S/c12-19(16,17)18-9-6-4-8(5-7-9)13-10(14)2-1-3-11(13)15/h4-7H,1-3H2. The van der Waals surface area contributed by atoms with Crippen molar-refractivity contribution < 1.29 is 26.1 Å². The van der Waals surface area contributed by atoms with E-state index in [0.717, 1.165) is 4.90 Å². The van der Waals surface area contributed by atoms with E-state index in [1.807, 2.05) is 0 Å². The van der Waals surface area contributed by atoms with Crippen LogP contribution in [0.15, 0.2) is 24.3 Å². The maximum atomic E-state index is 12.3. The van der Waals surface area contributed by atoms with Crippen molar-refractivity contribution in [2.24, 2.45) is 0 Å². The van der Waals surface area contributed by atoms with E-state index in [1.165, 1.54) is 24.3 Å². The summed E-state index contributed by atoms with van der Waals surface area (Å²) in [4.78, 5) is 24.3. The Bertz CT molecular complexity index is 594. The highest BCUT2D eigenvalue weighted by Gasteiger charge is 2.27. The summed E-state index contributed by atoms with van der Waals surface area (Å²) in [5, 5.41) is 0. The molecule has 2 amide bonds. The maximum absolute atomic E-state index is 12.3. The van der Waals surface area contributed by atoms with Crippen molar-refractivity contribution in [2.75, 3.05) is 4.90 Å². The summed E-state index contributed by atoms with van der Waals surface area (Å²) in [5.74, 6) is -0.866. The van der Waals surface area contributed by atoms with E-state index in [9.17, 15) is 21.9 Å². The molecule has 0 aromatic heterocycles. The van der Waals surface area contributed by atoms with Gasteiger partial charge in [0.15, 0.2) is 0 Å². The molecule has 1 heterocycles. The van der Waals surface area contributed by atoms with Gasteiger partial charge in [-0.2, -0.15) is 8.42 Å². The van der Waals surface area contributed by atoms with E-state index in [-0.39, 0.29) is 30.4 Å². The zero-order chi connectivity index (χ0) is 14.0. The fourth-order valence-electron chi connectivity index (χ4n) is 1.81. The molecule has 0 N–H and O–H groups in total. The number of imide groups is 1. The summed E-state index contributed by atoms with van der Waals surface area (Å²) in [6.45, 7) is 0. The van der Waals surface area contributed by atoms with Crippen LogP contribution in [0, 0.1) is 0 Å². The van der Waals surface area contributed by atoms with Crippen LogP contribution in [0.5, 0.6) is 5.75 Å². The van der Waals surface area contributed by atoms with Gasteiger partial charge in [-0.3, -0.25) is 14.5 Å². The summed E-state index contributed by atoms with van der Waals surface area (Å²) in [6.07, 6.45) is 1.08. The maximum Gasteiger partial charge on any atom is 0.488 e. The summed E-state index contributed by atoms with van der Waals surface area (Å²) in [6, 6.07) is 4.98. The number of carbonyl (C=O) groups is 2. The average Bonchev–Trinajstić information content (AvgIpc) is 2.29. The van der Waals surface area contributed by atoms with Crippen LogP contribution in [0.2, 0.25) is 0 Å². The normalized spacial score (nSPS) is 16.6. The van der Waals surface area contributed by atoms with Crippen LogP contribution in [0.4, 0.5) is 9.57 Å². The van der Waals surface area contributed by atoms with Crippen molar-refractivity contribution in [2.45, 2.75) is 19.3 Å². The van der Waals surface area contributed by atoms with Crippen LogP contribution in [0.25, 0.3) is 0 Å². The lowest BCUT2D eigenvalue weighted by Gasteiger charge is -2.24. The van der Waals surface area contributed by atoms with Gasteiger partial charge >= 0.3 is 10.5 Å². The Morgan fingerprint density at radius 2 is 1.58 bits per heavy atom. The number of rotatable bonds is 3. The summed E-state index contributed by atoms with van der Waals surface area (Å²) in [5.41, 5.74) is 0.304. The lowest BCUT2D eigenvalue weighted by atomic mass is 10.1. The lowest BCUT2D eigenvalue weighted by molar-refractivity contribution is -0.129. The molecule has 1 aromatic rings. The molecule has 1 aliphatic rings. The van der Waals surface area contributed by atoms with Crippen LogP contribution >= 0.6 is 0 Å². The minimum Gasteiger partial charge on any atom is -0.358 e. The molecular weight excluding hydrogens is 277 g/mol. The first-order chi connectivity index (χ1) is 8.87.